The lowest BCUT2D eigenvalue weighted by molar-refractivity contribution is -0.121. The smallest absolute Gasteiger partial charge is 0.220 e. The van der Waals surface area contributed by atoms with Crippen molar-refractivity contribution in [3.8, 4) is 11.3 Å². The van der Waals surface area contributed by atoms with Gasteiger partial charge >= 0.3 is 0 Å². The standard InChI is InChI=1S/C19H24FN3O2/c1-23-10-3-2-7-16(23)8-9-19(24)21-13-17-12-18(22-25-17)14-5-4-6-15(20)11-14/h4-6,11-12,16H,2-3,7-10,13H2,1H3,(H,21,24). The minimum atomic E-state index is -0.317. The zero-order valence-corrected chi connectivity index (χ0v) is 14.5. The minimum absolute atomic E-state index is 0.0164. The Bertz CT molecular complexity index is 716. The number of aromatic nitrogens is 1. The number of hydrogen-bond donors (Lipinski definition) is 1. The first-order chi connectivity index (χ1) is 12.1. The maximum atomic E-state index is 13.3. The first kappa shape index (κ1) is 17.6. The van der Waals surface area contributed by atoms with E-state index in [1.165, 1.54) is 31.4 Å². The van der Waals surface area contributed by atoms with Gasteiger partial charge in [0.05, 0.1) is 6.54 Å². The summed E-state index contributed by atoms with van der Waals surface area (Å²) in [7, 11) is 2.13. The molecule has 2 aromatic rings. The molecule has 1 aromatic heterocycles. The van der Waals surface area contributed by atoms with Crippen LogP contribution in [0, 0.1) is 5.82 Å². The summed E-state index contributed by atoms with van der Waals surface area (Å²) in [4.78, 5) is 14.4. The molecule has 5 nitrogen and oxygen atoms in total. The molecule has 6 heteroatoms. The number of likely N-dealkylation sites (tertiary alicyclic amines) is 1. The molecule has 0 bridgehead atoms. The van der Waals surface area contributed by atoms with Crippen LogP contribution in [-0.2, 0) is 11.3 Å². The van der Waals surface area contributed by atoms with E-state index in [9.17, 15) is 9.18 Å². The van der Waals surface area contributed by atoms with E-state index in [-0.39, 0.29) is 11.7 Å². The Balaban J connectivity index is 1.46. The monoisotopic (exact) mass is 345 g/mol. The van der Waals surface area contributed by atoms with Crippen LogP contribution in [0.1, 0.15) is 37.9 Å². The maximum absolute atomic E-state index is 13.3. The molecule has 1 aromatic carbocycles. The first-order valence-corrected chi connectivity index (χ1v) is 8.80. The largest absolute Gasteiger partial charge is 0.359 e. The zero-order valence-electron chi connectivity index (χ0n) is 14.5. The molecule has 0 spiro atoms. The molecule has 1 aliphatic rings. The van der Waals surface area contributed by atoms with Crippen molar-refractivity contribution in [1.29, 1.82) is 0 Å². The van der Waals surface area contributed by atoms with Gasteiger partial charge in [-0.25, -0.2) is 4.39 Å². The third-order valence-corrected chi connectivity index (χ3v) is 4.77. The topological polar surface area (TPSA) is 58.4 Å². The van der Waals surface area contributed by atoms with Gasteiger partial charge in [0, 0.05) is 24.1 Å². The van der Waals surface area contributed by atoms with Crippen LogP contribution < -0.4 is 5.32 Å². The Morgan fingerprint density at radius 2 is 2.28 bits per heavy atom. The fourth-order valence-electron chi connectivity index (χ4n) is 3.26. The molecule has 1 fully saturated rings. The lowest BCUT2D eigenvalue weighted by atomic mass is 9.98. The van der Waals surface area contributed by atoms with Crippen LogP contribution in [0.3, 0.4) is 0 Å². The van der Waals surface area contributed by atoms with E-state index in [1.54, 1.807) is 18.2 Å². The quantitative estimate of drug-likeness (QED) is 0.872. The molecule has 0 saturated carbocycles. The molecule has 134 valence electrons. The molecule has 2 heterocycles. The number of nitrogens with one attached hydrogen (secondary N) is 1. The molecule has 0 radical (unpaired) electrons. The third kappa shape index (κ3) is 4.89. The van der Waals surface area contributed by atoms with Crippen molar-refractivity contribution >= 4 is 5.91 Å². The SMILES string of the molecule is CN1CCCCC1CCC(=O)NCc1cc(-c2cccc(F)c2)no1. The van der Waals surface area contributed by atoms with Crippen LogP contribution in [0.4, 0.5) is 4.39 Å². The van der Waals surface area contributed by atoms with E-state index in [1.807, 2.05) is 0 Å². The number of hydrogen-bond acceptors (Lipinski definition) is 4. The van der Waals surface area contributed by atoms with Gasteiger partial charge in [0.1, 0.15) is 11.5 Å². The fraction of sp³-hybridized carbons (Fsp3) is 0.474. The van der Waals surface area contributed by atoms with Gasteiger partial charge < -0.3 is 14.7 Å². The molecule has 3 rings (SSSR count). The highest BCUT2D eigenvalue weighted by molar-refractivity contribution is 5.75. The van der Waals surface area contributed by atoms with Gasteiger partial charge in [-0.1, -0.05) is 23.7 Å². The lowest BCUT2D eigenvalue weighted by Crippen LogP contribution is -2.37. The number of amides is 1. The van der Waals surface area contributed by atoms with Crippen molar-refractivity contribution < 1.29 is 13.7 Å². The third-order valence-electron chi connectivity index (χ3n) is 4.77. The second-order valence-electron chi connectivity index (χ2n) is 6.63. The predicted molar refractivity (Wildman–Crippen MR) is 93.2 cm³/mol. The first-order valence-electron chi connectivity index (χ1n) is 8.80. The van der Waals surface area contributed by atoms with Crippen LogP contribution in [0.5, 0.6) is 0 Å². The van der Waals surface area contributed by atoms with Crippen LogP contribution in [-0.4, -0.2) is 35.6 Å². The summed E-state index contributed by atoms with van der Waals surface area (Å²) in [5, 5.41) is 6.80. The van der Waals surface area contributed by atoms with Crippen molar-refractivity contribution in [3.05, 3.63) is 41.9 Å². The number of carbonyl (C=O) groups is 1. The summed E-state index contributed by atoms with van der Waals surface area (Å²) < 4.78 is 18.5. The number of rotatable bonds is 6. The molecular weight excluding hydrogens is 321 g/mol. The highest BCUT2D eigenvalue weighted by Crippen LogP contribution is 2.20. The summed E-state index contributed by atoms with van der Waals surface area (Å²) >= 11 is 0. The van der Waals surface area contributed by atoms with Crippen molar-refractivity contribution in [1.82, 2.24) is 15.4 Å². The summed E-state index contributed by atoms with van der Waals surface area (Å²) in [6, 6.07) is 8.41. The number of benzene rings is 1. The molecule has 0 aliphatic carbocycles. The Labute approximate surface area is 147 Å². The zero-order chi connectivity index (χ0) is 17.6. The molecule has 1 saturated heterocycles. The van der Waals surface area contributed by atoms with Gasteiger partial charge in [0.15, 0.2) is 5.76 Å². The number of piperidine rings is 1. The van der Waals surface area contributed by atoms with Gasteiger partial charge in [-0.05, 0) is 45.0 Å². The highest BCUT2D eigenvalue weighted by atomic mass is 19.1. The molecule has 1 unspecified atom stereocenters. The second-order valence-corrected chi connectivity index (χ2v) is 6.63. The van der Waals surface area contributed by atoms with Gasteiger partial charge in [-0.15, -0.1) is 0 Å². The van der Waals surface area contributed by atoms with Gasteiger partial charge in [0.25, 0.3) is 0 Å². The van der Waals surface area contributed by atoms with E-state index in [2.05, 4.69) is 22.4 Å². The highest BCUT2D eigenvalue weighted by Gasteiger charge is 2.19. The van der Waals surface area contributed by atoms with Crippen molar-refractivity contribution in [2.75, 3.05) is 13.6 Å². The number of nitrogens with zero attached hydrogens (tertiary/aromatic N) is 2. The normalized spacial score (nSPS) is 18.2. The van der Waals surface area contributed by atoms with Crippen LogP contribution in [0.2, 0.25) is 0 Å². The van der Waals surface area contributed by atoms with E-state index in [4.69, 9.17) is 4.52 Å². The summed E-state index contributed by atoms with van der Waals surface area (Å²) in [6.07, 6.45) is 5.06. The summed E-state index contributed by atoms with van der Waals surface area (Å²) in [6.45, 7) is 1.41. The molecular formula is C19H24FN3O2. The molecule has 1 N–H and O–H groups in total. The van der Waals surface area contributed by atoms with Gasteiger partial charge in [0.2, 0.25) is 5.91 Å². The van der Waals surface area contributed by atoms with Crippen molar-refractivity contribution in [2.45, 2.75) is 44.7 Å². The summed E-state index contributed by atoms with van der Waals surface area (Å²) in [5.41, 5.74) is 1.22. The molecule has 1 amide bonds. The van der Waals surface area contributed by atoms with E-state index >= 15 is 0 Å². The average molecular weight is 345 g/mol. The Morgan fingerprint density at radius 1 is 1.40 bits per heavy atom. The van der Waals surface area contributed by atoms with Crippen LogP contribution in [0.15, 0.2) is 34.9 Å². The Morgan fingerprint density at radius 3 is 3.08 bits per heavy atom. The fourth-order valence-corrected chi connectivity index (χ4v) is 3.26. The molecule has 1 atom stereocenters. The minimum Gasteiger partial charge on any atom is -0.359 e. The van der Waals surface area contributed by atoms with Gasteiger partial charge in [-0.2, -0.15) is 0 Å². The summed E-state index contributed by atoms with van der Waals surface area (Å²) in [5.74, 6) is 0.258. The second kappa shape index (κ2) is 8.25. The lowest BCUT2D eigenvalue weighted by Gasteiger charge is -2.32. The number of halogens is 1. The molecule has 25 heavy (non-hydrogen) atoms. The van der Waals surface area contributed by atoms with Crippen molar-refractivity contribution in [3.63, 3.8) is 0 Å². The Hall–Kier alpha value is -2.21. The molecule has 1 aliphatic heterocycles. The van der Waals surface area contributed by atoms with E-state index in [0.29, 0.717) is 36.0 Å². The van der Waals surface area contributed by atoms with Crippen molar-refractivity contribution in [2.24, 2.45) is 0 Å². The van der Waals surface area contributed by atoms with Crippen LogP contribution >= 0.6 is 0 Å². The van der Waals surface area contributed by atoms with Crippen LogP contribution in [0.25, 0.3) is 11.3 Å². The number of carbonyl (C=O) groups excluding carboxylic acids is 1. The van der Waals surface area contributed by atoms with Gasteiger partial charge in [-0.3, -0.25) is 4.79 Å². The van der Waals surface area contributed by atoms with E-state index < -0.39 is 0 Å². The Kier molecular flexibility index (Phi) is 5.81. The van der Waals surface area contributed by atoms with E-state index in [0.717, 1.165) is 13.0 Å². The maximum Gasteiger partial charge on any atom is 0.220 e. The average Bonchev–Trinajstić information content (AvgIpc) is 3.08. The predicted octanol–water partition coefficient (Wildman–Crippen LogP) is 3.36.